The molecule has 0 aliphatic heterocycles. The third kappa shape index (κ3) is 3.03. The first-order chi connectivity index (χ1) is 9.51. The van der Waals surface area contributed by atoms with Gasteiger partial charge in [-0.15, -0.1) is 0 Å². The minimum absolute atomic E-state index is 0.0167. The molecule has 3 nitrogen and oxygen atoms in total. The molecule has 0 saturated heterocycles. The van der Waals surface area contributed by atoms with Crippen molar-refractivity contribution < 1.29 is 13.9 Å². The summed E-state index contributed by atoms with van der Waals surface area (Å²) in [7, 11) is 0. The summed E-state index contributed by atoms with van der Waals surface area (Å²) >= 11 is 3.22. The van der Waals surface area contributed by atoms with Gasteiger partial charge in [0.15, 0.2) is 17.3 Å². The molecule has 0 fully saturated rings. The first kappa shape index (κ1) is 14.2. The highest BCUT2D eigenvalue weighted by molar-refractivity contribution is 9.10. The van der Waals surface area contributed by atoms with Crippen LogP contribution in [0.3, 0.4) is 0 Å². The Kier molecular flexibility index (Phi) is 4.16. The van der Waals surface area contributed by atoms with Gasteiger partial charge in [-0.25, -0.2) is 4.39 Å². The molecular weight excluding hydrogens is 325 g/mol. The minimum atomic E-state index is -0.551. The Morgan fingerprint density at radius 2 is 2.00 bits per heavy atom. The van der Waals surface area contributed by atoms with Gasteiger partial charge in [-0.3, -0.25) is 4.79 Å². The van der Waals surface area contributed by atoms with Crippen LogP contribution in [0.5, 0.6) is 11.5 Å². The Morgan fingerprint density at radius 1 is 1.25 bits per heavy atom. The number of halogens is 2. The highest BCUT2D eigenvalue weighted by Gasteiger charge is 2.13. The van der Waals surface area contributed by atoms with Crippen LogP contribution in [0.4, 0.5) is 4.39 Å². The summed E-state index contributed by atoms with van der Waals surface area (Å²) < 4.78 is 19.8. The summed E-state index contributed by atoms with van der Waals surface area (Å²) in [5.41, 5.74) is 0.629. The first-order valence-electron chi connectivity index (χ1n) is 5.69. The van der Waals surface area contributed by atoms with Gasteiger partial charge in [0.1, 0.15) is 5.75 Å². The van der Waals surface area contributed by atoms with Gasteiger partial charge in [0.25, 0.3) is 0 Å². The molecule has 0 radical (unpaired) electrons. The summed E-state index contributed by atoms with van der Waals surface area (Å²) in [5.74, 6) is -0.629. The maximum atomic E-state index is 13.7. The Hall–Kier alpha value is -2.19. The molecule has 2 aromatic carbocycles. The molecular formula is C15H9BrFNO2. The van der Waals surface area contributed by atoms with Crippen molar-refractivity contribution in [2.24, 2.45) is 0 Å². The van der Waals surface area contributed by atoms with Gasteiger partial charge in [0.05, 0.1) is 17.2 Å². The molecule has 0 aromatic heterocycles. The number of Topliss-reactive ketones (excluding diaryl/α,β-unsaturated/α-hetero) is 1. The molecule has 0 spiro atoms. The number of hydrogen-bond donors (Lipinski definition) is 0. The Labute approximate surface area is 123 Å². The molecule has 0 amide bonds. The van der Waals surface area contributed by atoms with Crippen LogP contribution in [-0.4, -0.2) is 5.78 Å². The van der Waals surface area contributed by atoms with Gasteiger partial charge in [0, 0.05) is 4.47 Å². The number of rotatable bonds is 3. The largest absolute Gasteiger partial charge is 0.453 e. The van der Waals surface area contributed by atoms with Gasteiger partial charge in [-0.1, -0.05) is 15.9 Å². The molecule has 5 heteroatoms. The second-order valence-electron chi connectivity index (χ2n) is 4.06. The number of benzene rings is 2. The van der Waals surface area contributed by atoms with Crippen molar-refractivity contribution in [1.29, 1.82) is 5.26 Å². The average Bonchev–Trinajstić information content (AvgIpc) is 2.42. The molecule has 2 rings (SSSR count). The van der Waals surface area contributed by atoms with E-state index < -0.39 is 5.82 Å². The van der Waals surface area contributed by atoms with Crippen LogP contribution in [-0.2, 0) is 0 Å². The SMILES string of the molecule is CC(=O)c1ccc(C#N)cc1Oc1cc(Br)ccc1F. The zero-order valence-corrected chi connectivity index (χ0v) is 12.1. The maximum absolute atomic E-state index is 13.7. The number of hydrogen-bond acceptors (Lipinski definition) is 3. The number of nitrogens with zero attached hydrogens (tertiary/aromatic N) is 1. The van der Waals surface area contributed by atoms with Crippen LogP contribution in [0.2, 0.25) is 0 Å². The van der Waals surface area contributed by atoms with Crippen LogP contribution in [0.15, 0.2) is 40.9 Å². The van der Waals surface area contributed by atoms with Crippen molar-refractivity contribution in [2.45, 2.75) is 6.92 Å². The lowest BCUT2D eigenvalue weighted by Gasteiger charge is -2.10. The van der Waals surface area contributed by atoms with Crippen molar-refractivity contribution in [3.8, 4) is 17.6 Å². The quantitative estimate of drug-likeness (QED) is 0.779. The van der Waals surface area contributed by atoms with Gasteiger partial charge < -0.3 is 4.74 Å². The predicted octanol–water partition coefficient (Wildman–Crippen LogP) is 4.45. The molecule has 0 atom stereocenters. The third-order valence-corrected chi connectivity index (χ3v) is 3.10. The summed E-state index contributed by atoms with van der Waals surface area (Å²) in [6, 6.07) is 10.6. The van der Waals surface area contributed by atoms with Crippen molar-refractivity contribution >= 4 is 21.7 Å². The maximum Gasteiger partial charge on any atom is 0.165 e. The van der Waals surface area contributed by atoms with Gasteiger partial charge in [-0.05, 0) is 43.3 Å². The number of nitriles is 1. The van der Waals surface area contributed by atoms with E-state index in [0.717, 1.165) is 0 Å². The van der Waals surface area contributed by atoms with Crippen molar-refractivity contribution in [1.82, 2.24) is 0 Å². The van der Waals surface area contributed by atoms with Crippen LogP contribution in [0, 0.1) is 17.1 Å². The molecule has 0 aliphatic rings. The fraction of sp³-hybridized carbons (Fsp3) is 0.0667. The van der Waals surface area contributed by atoms with Gasteiger partial charge >= 0.3 is 0 Å². The van der Waals surface area contributed by atoms with E-state index in [-0.39, 0.29) is 17.3 Å². The molecule has 0 saturated carbocycles. The number of ether oxygens (including phenoxy) is 1. The second-order valence-corrected chi connectivity index (χ2v) is 4.97. The molecule has 20 heavy (non-hydrogen) atoms. The van der Waals surface area contributed by atoms with Crippen LogP contribution in [0.1, 0.15) is 22.8 Å². The standard InChI is InChI=1S/C15H9BrFNO2/c1-9(19)12-4-2-10(8-18)6-14(12)20-15-7-11(16)3-5-13(15)17/h2-7H,1H3. The van der Waals surface area contributed by atoms with Gasteiger partial charge in [-0.2, -0.15) is 5.26 Å². The van der Waals surface area contributed by atoms with Crippen molar-refractivity contribution in [3.63, 3.8) is 0 Å². The van der Waals surface area contributed by atoms with E-state index >= 15 is 0 Å². The number of carbonyl (C=O) groups excluding carboxylic acids is 1. The zero-order valence-electron chi connectivity index (χ0n) is 10.5. The predicted molar refractivity (Wildman–Crippen MR) is 75.3 cm³/mol. The topological polar surface area (TPSA) is 50.1 Å². The summed E-state index contributed by atoms with van der Waals surface area (Å²) in [6.45, 7) is 1.38. The average molecular weight is 334 g/mol. The summed E-state index contributed by atoms with van der Waals surface area (Å²) in [4.78, 5) is 11.5. The molecule has 2 aromatic rings. The molecule has 0 unspecified atom stereocenters. The zero-order chi connectivity index (χ0) is 14.7. The highest BCUT2D eigenvalue weighted by atomic mass is 79.9. The Morgan fingerprint density at radius 3 is 2.65 bits per heavy atom. The fourth-order valence-electron chi connectivity index (χ4n) is 1.64. The van der Waals surface area contributed by atoms with Crippen molar-refractivity contribution in [3.05, 3.63) is 57.8 Å². The smallest absolute Gasteiger partial charge is 0.165 e. The third-order valence-electron chi connectivity index (χ3n) is 2.60. The van der Waals surface area contributed by atoms with Crippen LogP contribution in [0.25, 0.3) is 0 Å². The van der Waals surface area contributed by atoms with E-state index in [0.29, 0.717) is 15.6 Å². The van der Waals surface area contributed by atoms with E-state index in [4.69, 9.17) is 10.00 Å². The molecule has 100 valence electrons. The van der Waals surface area contributed by atoms with E-state index in [2.05, 4.69) is 15.9 Å². The normalized spacial score (nSPS) is 9.90. The fourth-order valence-corrected chi connectivity index (χ4v) is 1.98. The van der Waals surface area contributed by atoms with Crippen molar-refractivity contribution in [2.75, 3.05) is 0 Å². The van der Waals surface area contributed by atoms with Crippen LogP contribution >= 0.6 is 15.9 Å². The Bertz CT molecular complexity index is 722. The monoisotopic (exact) mass is 333 g/mol. The molecule has 0 bridgehead atoms. The lowest BCUT2D eigenvalue weighted by molar-refractivity contribution is 0.101. The molecule has 0 heterocycles. The molecule has 0 N–H and O–H groups in total. The molecule has 0 aliphatic carbocycles. The van der Waals surface area contributed by atoms with Crippen LogP contribution < -0.4 is 4.74 Å². The van der Waals surface area contributed by atoms with E-state index in [1.165, 1.54) is 37.3 Å². The summed E-state index contributed by atoms with van der Waals surface area (Å²) in [5, 5.41) is 8.88. The minimum Gasteiger partial charge on any atom is -0.453 e. The Balaban J connectivity index is 2.49. The summed E-state index contributed by atoms with van der Waals surface area (Å²) in [6.07, 6.45) is 0. The number of carbonyl (C=O) groups is 1. The van der Waals surface area contributed by atoms with E-state index in [1.807, 2.05) is 6.07 Å². The van der Waals surface area contributed by atoms with E-state index in [9.17, 15) is 9.18 Å². The first-order valence-corrected chi connectivity index (χ1v) is 6.48. The second kappa shape index (κ2) is 5.85. The lowest BCUT2D eigenvalue weighted by Crippen LogP contribution is -1.98. The van der Waals surface area contributed by atoms with Gasteiger partial charge in [0.2, 0.25) is 0 Å². The highest BCUT2D eigenvalue weighted by Crippen LogP contribution is 2.30. The lowest BCUT2D eigenvalue weighted by atomic mass is 10.1. The number of ketones is 1. The van der Waals surface area contributed by atoms with E-state index in [1.54, 1.807) is 6.07 Å².